The molecule has 0 aliphatic rings. The van der Waals surface area contributed by atoms with E-state index in [4.69, 9.17) is 28.9 Å². The highest BCUT2D eigenvalue weighted by Gasteiger charge is 2.26. The molecule has 0 heterocycles. The van der Waals surface area contributed by atoms with Gasteiger partial charge in [0.25, 0.3) is 0 Å². The van der Waals surface area contributed by atoms with Crippen molar-refractivity contribution in [3.05, 3.63) is 33.6 Å². The van der Waals surface area contributed by atoms with Crippen molar-refractivity contribution in [2.24, 2.45) is 11.7 Å². The van der Waals surface area contributed by atoms with E-state index in [2.05, 4.69) is 0 Å². The monoisotopic (exact) mass is 265 g/mol. The third kappa shape index (κ3) is 2.66. The molecule has 1 rings (SSSR count). The van der Waals surface area contributed by atoms with Gasteiger partial charge in [0.1, 0.15) is 5.82 Å². The van der Waals surface area contributed by atoms with Crippen molar-refractivity contribution < 1.29 is 9.50 Å². The lowest BCUT2D eigenvalue weighted by atomic mass is 9.94. The third-order valence-electron chi connectivity index (χ3n) is 2.46. The van der Waals surface area contributed by atoms with Crippen molar-refractivity contribution >= 4 is 23.2 Å². The van der Waals surface area contributed by atoms with Crippen LogP contribution in [0.15, 0.2) is 12.1 Å². The van der Waals surface area contributed by atoms with E-state index in [1.54, 1.807) is 13.8 Å². The van der Waals surface area contributed by atoms with Crippen molar-refractivity contribution in [3.63, 3.8) is 0 Å². The number of nitrogens with two attached hydrogens (primary N) is 1. The zero-order valence-electron chi connectivity index (χ0n) is 9.05. The fourth-order valence-electron chi connectivity index (χ4n) is 1.43. The van der Waals surface area contributed by atoms with Crippen LogP contribution in [0.2, 0.25) is 10.0 Å². The third-order valence-corrected chi connectivity index (χ3v) is 3.28. The van der Waals surface area contributed by atoms with Crippen LogP contribution in [0.25, 0.3) is 0 Å². The topological polar surface area (TPSA) is 46.2 Å². The van der Waals surface area contributed by atoms with Crippen LogP contribution < -0.4 is 5.73 Å². The molecule has 2 nitrogen and oxygen atoms in total. The van der Waals surface area contributed by atoms with Crippen LogP contribution in [0.1, 0.15) is 25.5 Å². The zero-order chi connectivity index (χ0) is 12.5. The molecule has 0 bridgehead atoms. The molecule has 1 aromatic rings. The van der Waals surface area contributed by atoms with Crippen molar-refractivity contribution in [1.29, 1.82) is 0 Å². The van der Waals surface area contributed by atoms with Gasteiger partial charge in [0, 0.05) is 5.56 Å². The maximum absolute atomic E-state index is 13.6. The normalized spacial score (nSPS) is 15.2. The first kappa shape index (κ1) is 13.7. The molecule has 5 heteroatoms. The van der Waals surface area contributed by atoms with Crippen LogP contribution in [0.3, 0.4) is 0 Å². The molecule has 0 radical (unpaired) electrons. The lowest BCUT2D eigenvalue weighted by molar-refractivity contribution is 0.0967. The van der Waals surface area contributed by atoms with Gasteiger partial charge in [-0.2, -0.15) is 0 Å². The van der Waals surface area contributed by atoms with E-state index >= 15 is 0 Å². The molecular formula is C11H14Cl2FNO. The van der Waals surface area contributed by atoms with Gasteiger partial charge < -0.3 is 10.8 Å². The molecule has 0 unspecified atom stereocenters. The summed E-state index contributed by atoms with van der Waals surface area (Å²) in [6.45, 7) is 3.59. The van der Waals surface area contributed by atoms with Crippen molar-refractivity contribution in [1.82, 2.24) is 0 Å². The molecule has 0 aliphatic carbocycles. The average Bonchev–Trinajstić information content (AvgIpc) is 2.22. The molecule has 0 spiro atoms. The first-order valence-corrected chi connectivity index (χ1v) is 5.69. The number of hydrogen-bond donors (Lipinski definition) is 2. The number of aliphatic hydroxyl groups is 1. The molecule has 16 heavy (non-hydrogen) atoms. The minimum atomic E-state index is -0.883. The molecule has 0 amide bonds. The molecular weight excluding hydrogens is 252 g/mol. The first-order valence-electron chi connectivity index (χ1n) is 4.93. The summed E-state index contributed by atoms with van der Waals surface area (Å²) in [7, 11) is 0. The molecule has 2 atom stereocenters. The van der Waals surface area contributed by atoms with E-state index < -0.39 is 18.0 Å². The predicted octanol–water partition coefficient (Wildman–Crippen LogP) is 3.15. The molecule has 3 N–H and O–H groups in total. The van der Waals surface area contributed by atoms with E-state index in [-0.39, 0.29) is 21.5 Å². The van der Waals surface area contributed by atoms with E-state index in [1.807, 2.05) is 0 Å². The number of halogens is 3. The average molecular weight is 266 g/mol. The SMILES string of the molecule is CC(C)[C@H](O)[C@H](N)c1c(F)ccc(Cl)c1Cl. The standard InChI is InChI=1S/C11H14Cl2FNO/c1-5(2)11(16)10(15)8-7(14)4-3-6(12)9(8)13/h3-5,10-11,16H,15H2,1-2H3/t10-,11+/m1/s1. The van der Waals surface area contributed by atoms with Crippen LogP contribution in [-0.2, 0) is 0 Å². The molecule has 0 aliphatic heterocycles. The number of aliphatic hydroxyl groups excluding tert-OH is 1. The van der Waals surface area contributed by atoms with E-state index in [1.165, 1.54) is 12.1 Å². The molecule has 0 saturated carbocycles. The molecule has 90 valence electrons. The number of rotatable bonds is 3. The minimum absolute atomic E-state index is 0.0638. The van der Waals surface area contributed by atoms with Gasteiger partial charge >= 0.3 is 0 Å². The Morgan fingerprint density at radius 1 is 1.31 bits per heavy atom. The summed E-state index contributed by atoms with van der Waals surface area (Å²) in [6, 6.07) is 1.67. The highest BCUT2D eigenvalue weighted by atomic mass is 35.5. The molecule has 0 fully saturated rings. The molecule has 1 aromatic carbocycles. The van der Waals surface area contributed by atoms with Gasteiger partial charge in [0.05, 0.1) is 22.2 Å². The summed E-state index contributed by atoms with van der Waals surface area (Å²) >= 11 is 11.7. The Bertz CT molecular complexity index is 384. The molecule has 0 saturated heterocycles. The quantitative estimate of drug-likeness (QED) is 0.825. The van der Waals surface area contributed by atoms with Gasteiger partial charge in [-0.05, 0) is 18.1 Å². The van der Waals surface area contributed by atoms with Crippen LogP contribution >= 0.6 is 23.2 Å². The summed E-state index contributed by atoms with van der Waals surface area (Å²) in [6.07, 6.45) is -0.870. The highest BCUT2D eigenvalue weighted by Crippen LogP contribution is 2.33. The smallest absolute Gasteiger partial charge is 0.129 e. The molecule has 0 aromatic heterocycles. The maximum atomic E-state index is 13.6. The van der Waals surface area contributed by atoms with E-state index in [9.17, 15) is 9.50 Å². The Hall–Kier alpha value is -0.350. The van der Waals surface area contributed by atoms with Gasteiger partial charge in [-0.1, -0.05) is 37.0 Å². The summed E-state index contributed by atoms with van der Waals surface area (Å²) in [5.74, 6) is -0.647. The Kier molecular flexibility index (Phi) is 4.56. The maximum Gasteiger partial charge on any atom is 0.129 e. The second-order valence-electron chi connectivity index (χ2n) is 4.02. The minimum Gasteiger partial charge on any atom is -0.391 e. The second-order valence-corrected chi connectivity index (χ2v) is 4.80. The van der Waals surface area contributed by atoms with Crippen LogP contribution in [0, 0.1) is 11.7 Å². The fraction of sp³-hybridized carbons (Fsp3) is 0.455. The largest absolute Gasteiger partial charge is 0.391 e. The summed E-state index contributed by atoms with van der Waals surface area (Å²) < 4.78 is 13.6. The Labute approximate surface area is 104 Å². The van der Waals surface area contributed by atoms with Gasteiger partial charge in [0.15, 0.2) is 0 Å². The fourth-order valence-corrected chi connectivity index (χ4v) is 1.88. The second kappa shape index (κ2) is 5.32. The van der Waals surface area contributed by atoms with Gasteiger partial charge in [-0.25, -0.2) is 4.39 Å². The summed E-state index contributed by atoms with van der Waals surface area (Å²) in [5.41, 5.74) is 5.84. The Morgan fingerprint density at radius 2 is 1.88 bits per heavy atom. The van der Waals surface area contributed by atoms with Gasteiger partial charge in [-0.15, -0.1) is 0 Å². The highest BCUT2D eigenvalue weighted by molar-refractivity contribution is 6.42. The lowest BCUT2D eigenvalue weighted by Crippen LogP contribution is -2.31. The van der Waals surface area contributed by atoms with Crippen molar-refractivity contribution in [2.75, 3.05) is 0 Å². The van der Waals surface area contributed by atoms with Crippen LogP contribution in [0.5, 0.6) is 0 Å². The predicted molar refractivity (Wildman–Crippen MR) is 64.2 cm³/mol. The summed E-state index contributed by atoms with van der Waals surface area (Å²) in [5, 5.41) is 10.1. The van der Waals surface area contributed by atoms with Crippen molar-refractivity contribution in [2.45, 2.75) is 26.0 Å². The number of hydrogen-bond acceptors (Lipinski definition) is 2. The van der Waals surface area contributed by atoms with Crippen LogP contribution in [-0.4, -0.2) is 11.2 Å². The van der Waals surface area contributed by atoms with E-state index in [0.717, 1.165) is 0 Å². The number of benzene rings is 1. The Balaban J connectivity index is 3.17. The van der Waals surface area contributed by atoms with Gasteiger partial charge in [-0.3, -0.25) is 0 Å². The van der Waals surface area contributed by atoms with E-state index in [0.29, 0.717) is 0 Å². The van der Waals surface area contributed by atoms with Gasteiger partial charge in [0.2, 0.25) is 0 Å². The first-order chi connectivity index (χ1) is 7.36. The Morgan fingerprint density at radius 3 is 2.38 bits per heavy atom. The zero-order valence-corrected chi connectivity index (χ0v) is 10.6. The summed E-state index contributed by atoms with van der Waals surface area (Å²) in [4.78, 5) is 0. The van der Waals surface area contributed by atoms with Crippen molar-refractivity contribution in [3.8, 4) is 0 Å². The lowest BCUT2D eigenvalue weighted by Gasteiger charge is -2.23. The van der Waals surface area contributed by atoms with Crippen LogP contribution in [0.4, 0.5) is 4.39 Å².